The van der Waals surface area contributed by atoms with Crippen LogP contribution in [0.1, 0.15) is 24.8 Å². The van der Waals surface area contributed by atoms with E-state index in [0.717, 1.165) is 29.6 Å². The summed E-state index contributed by atoms with van der Waals surface area (Å²) in [4.78, 5) is 17.9. The van der Waals surface area contributed by atoms with E-state index in [1.54, 1.807) is 4.90 Å². The van der Waals surface area contributed by atoms with Gasteiger partial charge in [0.2, 0.25) is 5.89 Å². The van der Waals surface area contributed by atoms with E-state index < -0.39 is 0 Å². The summed E-state index contributed by atoms with van der Waals surface area (Å²) in [5, 5.41) is 3.40. The molecule has 1 fully saturated rings. The van der Waals surface area contributed by atoms with Gasteiger partial charge in [0.05, 0.1) is 13.2 Å². The van der Waals surface area contributed by atoms with E-state index in [4.69, 9.17) is 9.15 Å². The number of amides is 1. The lowest BCUT2D eigenvalue weighted by molar-refractivity contribution is 0.115. The van der Waals surface area contributed by atoms with E-state index in [1.807, 2.05) is 32.0 Å². The minimum Gasteiger partial charge on any atom is -0.450 e. The van der Waals surface area contributed by atoms with Crippen LogP contribution in [-0.4, -0.2) is 41.7 Å². The number of oxazole rings is 1. The van der Waals surface area contributed by atoms with Gasteiger partial charge in [0, 0.05) is 19.1 Å². The predicted octanol–water partition coefficient (Wildman–Crippen LogP) is 2.46. The van der Waals surface area contributed by atoms with Crippen LogP contribution in [0.15, 0.2) is 22.6 Å². The fourth-order valence-corrected chi connectivity index (χ4v) is 2.75. The smallest absolute Gasteiger partial charge is 0.409 e. The molecule has 1 atom stereocenters. The Bertz CT molecular complexity index is 668. The number of likely N-dealkylation sites (tertiary alicyclic amines) is 1. The summed E-state index contributed by atoms with van der Waals surface area (Å²) < 4.78 is 10.8. The second-order valence-corrected chi connectivity index (χ2v) is 5.54. The first kappa shape index (κ1) is 14.8. The monoisotopic (exact) mass is 303 g/mol. The average molecular weight is 303 g/mol. The van der Waals surface area contributed by atoms with E-state index in [2.05, 4.69) is 10.3 Å². The molecule has 0 radical (unpaired) electrons. The molecule has 1 N–H and O–H groups in total. The zero-order chi connectivity index (χ0) is 15.5. The number of aromatic nitrogens is 1. The van der Waals surface area contributed by atoms with Crippen molar-refractivity contribution < 1.29 is 13.9 Å². The highest BCUT2D eigenvalue weighted by atomic mass is 16.6. The van der Waals surface area contributed by atoms with Gasteiger partial charge < -0.3 is 19.4 Å². The minimum atomic E-state index is -0.232. The Balaban J connectivity index is 1.56. The van der Waals surface area contributed by atoms with Gasteiger partial charge in [-0.2, -0.15) is 0 Å². The fraction of sp³-hybridized carbons (Fsp3) is 0.500. The van der Waals surface area contributed by atoms with Crippen LogP contribution in [-0.2, 0) is 11.3 Å². The molecule has 22 heavy (non-hydrogen) atoms. The van der Waals surface area contributed by atoms with Crippen molar-refractivity contribution in [1.82, 2.24) is 15.2 Å². The Labute approximate surface area is 129 Å². The molecular weight excluding hydrogens is 282 g/mol. The summed E-state index contributed by atoms with van der Waals surface area (Å²) in [6.07, 6.45) is 0.683. The first-order valence-electron chi connectivity index (χ1n) is 7.67. The van der Waals surface area contributed by atoms with Crippen molar-refractivity contribution in [3.63, 3.8) is 0 Å². The van der Waals surface area contributed by atoms with Crippen LogP contribution in [0.4, 0.5) is 4.79 Å². The Morgan fingerprint density at radius 3 is 3.18 bits per heavy atom. The summed E-state index contributed by atoms with van der Waals surface area (Å²) in [5.74, 6) is 0.680. The zero-order valence-electron chi connectivity index (χ0n) is 13.0. The normalized spacial score (nSPS) is 18.1. The lowest BCUT2D eigenvalue weighted by Crippen LogP contribution is -2.35. The van der Waals surface area contributed by atoms with E-state index in [0.29, 0.717) is 25.6 Å². The molecule has 6 nitrogen and oxygen atoms in total. The molecule has 3 rings (SSSR count). The number of nitrogens with zero attached hydrogens (tertiary/aromatic N) is 2. The minimum absolute atomic E-state index is 0.232. The number of para-hydroxylation sites is 1. The summed E-state index contributed by atoms with van der Waals surface area (Å²) in [7, 11) is 0. The lowest BCUT2D eigenvalue weighted by Gasteiger charge is -2.15. The summed E-state index contributed by atoms with van der Waals surface area (Å²) in [6, 6.07) is 6.17. The molecule has 0 saturated carbocycles. The van der Waals surface area contributed by atoms with Crippen LogP contribution >= 0.6 is 0 Å². The number of hydrogen-bond acceptors (Lipinski definition) is 5. The molecule has 118 valence electrons. The topological polar surface area (TPSA) is 67.6 Å². The van der Waals surface area contributed by atoms with Gasteiger partial charge in [-0.1, -0.05) is 12.1 Å². The van der Waals surface area contributed by atoms with Gasteiger partial charge >= 0.3 is 6.09 Å². The molecule has 1 saturated heterocycles. The number of carbonyl (C=O) groups excluding carboxylic acids is 1. The highest BCUT2D eigenvalue weighted by molar-refractivity contribution is 5.76. The molecule has 1 aliphatic heterocycles. The third kappa shape index (κ3) is 3.06. The SMILES string of the molecule is CCOC(=O)N1CCC(NCc2nc3c(C)cccc3o2)C1. The molecule has 0 spiro atoms. The number of fused-ring (bicyclic) bond motifs is 1. The number of aryl methyl sites for hydroxylation is 1. The second-order valence-electron chi connectivity index (χ2n) is 5.54. The standard InChI is InChI=1S/C16H21N3O3/c1-3-21-16(20)19-8-7-12(10-19)17-9-14-18-15-11(2)5-4-6-13(15)22-14/h4-6,12,17H,3,7-10H2,1-2H3. The number of hydrogen-bond donors (Lipinski definition) is 1. The maximum atomic E-state index is 11.7. The number of benzene rings is 1. The number of carbonyl (C=O) groups is 1. The Hall–Kier alpha value is -2.08. The van der Waals surface area contributed by atoms with Gasteiger partial charge in [-0.25, -0.2) is 9.78 Å². The van der Waals surface area contributed by atoms with E-state index in [9.17, 15) is 4.79 Å². The fourth-order valence-electron chi connectivity index (χ4n) is 2.75. The van der Waals surface area contributed by atoms with Crippen LogP contribution in [0, 0.1) is 6.92 Å². The molecule has 0 aliphatic carbocycles. The number of nitrogens with one attached hydrogen (secondary N) is 1. The van der Waals surface area contributed by atoms with Gasteiger partial charge in [-0.3, -0.25) is 0 Å². The quantitative estimate of drug-likeness (QED) is 0.939. The Morgan fingerprint density at radius 1 is 1.55 bits per heavy atom. The van der Waals surface area contributed by atoms with E-state index in [1.165, 1.54) is 0 Å². The molecule has 1 amide bonds. The van der Waals surface area contributed by atoms with Gasteiger partial charge in [0.1, 0.15) is 5.52 Å². The van der Waals surface area contributed by atoms with Gasteiger partial charge in [-0.15, -0.1) is 0 Å². The molecular formula is C16H21N3O3. The van der Waals surface area contributed by atoms with Crippen LogP contribution < -0.4 is 5.32 Å². The molecule has 1 unspecified atom stereocenters. The van der Waals surface area contributed by atoms with E-state index in [-0.39, 0.29) is 12.1 Å². The predicted molar refractivity (Wildman–Crippen MR) is 82.6 cm³/mol. The van der Waals surface area contributed by atoms with Crippen molar-refractivity contribution >= 4 is 17.2 Å². The summed E-state index contributed by atoms with van der Waals surface area (Å²) in [6.45, 7) is 6.21. The van der Waals surface area contributed by atoms with Crippen molar-refractivity contribution in [2.24, 2.45) is 0 Å². The van der Waals surface area contributed by atoms with Gasteiger partial charge in [-0.05, 0) is 31.9 Å². The van der Waals surface area contributed by atoms with Crippen LogP contribution in [0.5, 0.6) is 0 Å². The summed E-state index contributed by atoms with van der Waals surface area (Å²) >= 11 is 0. The van der Waals surface area contributed by atoms with Crippen molar-refractivity contribution in [3.05, 3.63) is 29.7 Å². The molecule has 0 bridgehead atoms. The molecule has 1 aromatic heterocycles. The largest absolute Gasteiger partial charge is 0.450 e. The Kier molecular flexibility index (Phi) is 4.29. The second kappa shape index (κ2) is 6.36. The maximum Gasteiger partial charge on any atom is 0.409 e. The number of ether oxygens (including phenoxy) is 1. The molecule has 1 aliphatic rings. The van der Waals surface area contributed by atoms with Crippen molar-refractivity contribution in [2.75, 3.05) is 19.7 Å². The van der Waals surface area contributed by atoms with Crippen LogP contribution in [0.25, 0.3) is 11.1 Å². The molecule has 1 aromatic carbocycles. The van der Waals surface area contributed by atoms with E-state index >= 15 is 0 Å². The van der Waals surface area contributed by atoms with Crippen molar-refractivity contribution in [3.8, 4) is 0 Å². The first-order chi connectivity index (χ1) is 10.7. The lowest BCUT2D eigenvalue weighted by atomic mass is 10.2. The van der Waals surface area contributed by atoms with Crippen molar-refractivity contribution in [1.29, 1.82) is 0 Å². The molecule has 6 heteroatoms. The van der Waals surface area contributed by atoms with Crippen molar-refractivity contribution in [2.45, 2.75) is 32.9 Å². The Morgan fingerprint density at radius 2 is 2.41 bits per heavy atom. The zero-order valence-corrected chi connectivity index (χ0v) is 13.0. The molecule has 2 aromatic rings. The third-order valence-corrected chi connectivity index (χ3v) is 3.92. The van der Waals surface area contributed by atoms with Crippen LogP contribution in [0.2, 0.25) is 0 Å². The summed E-state index contributed by atoms with van der Waals surface area (Å²) in [5.41, 5.74) is 2.84. The van der Waals surface area contributed by atoms with Crippen LogP contribution in [0.3, 0.4) is 0 Å². The molecule has 2 heterocycles. The maximum absolute atomic E-state index is 11.7. The average Bonchev–Trinajstić information content (AvgIpc) is 3.12. The highest BCUT2D eigenvalue weighted by Crippen LogP contribution is 2.19. The first-order valence-corrected chi connectivity index (χ1v) is 7.67. The number of rotatable bonds is 4. The van der Waals surface area contributed by atoms with Gasteiger partial charge in [0.15, 0.2) is 5.58 Å². The van der Waals surface area contributed by atoms with Gasteiger partial charge in [0.25, 0.3) is 0 Å². The third-order valence-electron chi connectivity index (χ3n) is 3.92. The highest BCUT2D eigenvalue weighted by Gasteiger charge is 2.26.